The fraction of sp³-hybridized carbons (Fsp3) is 0.643. The number of piperidine rings is 1. The van der Waals surface area contributed by atoms with Crippen molar-refractivity contribution < 1.29 is 4.79 Å². The van der Waals surface area contributed by atoms with Crippen molar-refractivity contribution >= 4 is 23.3 Å². The SMILES string of the molecule is CC(C)(C)c1nc(Cl)cc(N2CCCC(C(N)=O)C2)n1. The number of amides is 1. The number of aromatic nitrogens is 2. The van der Waals surface area contributed by atoms with Crippen LogP contribution >= 0.6 is 11.6 Å². The maximum Gasteiger partial charge on any atom is 0.222 e. The first-order chi connectivity index (χ1) is 9.27. The molecule has 0 spiro atoms. The summed E-state index contributed by atoms with van der Waals surface area (Å²) in [6.07, 6.45) is 1.77. The Bertz CT molecular complexity index is 512. The number of nitrogens with zero attached hydrogens (tertiary/aromatic N) is 3. The number of primary amides is 1. The smallest absolute Gasteiger partial charge is 0.222 e. The lowest BCUT2D eigenvalue weighted by Gasteiger charge is -2.32. The molecule has 2 heterocycles. The molecule has 20 heavy (non-hydrogen) atoms. The highest BCUT2D eigenvalue weighted by Crippen LogP contribution is 2.27. The second-order valence-electron chi connectivity index (χ2n) is 6.31. The molecular formula is C14H21ClN4O. The summed E-state index contributed by atoms with van der Waals surface area (Å²) in [6.45, 7) is 7.60. The van der Waals surface area contributed by atoms with Gasteiger partial charge < -0.3 is 10.6 Å². The van der Waals surface area contributed by atoms with E-state index < -0.39 is 0 Å². The van der Waals surface area contributed by atoms with E-state index in [4.69, 9.17) is 17.3 Å². The van der Waals surface area contributed by atoms with Gasteiger partial charge >= 0.3 is 0 Å². The van der Waals surface area contributed by atoms with E-state index in [0.717, 1.165) is 25.2 Å². The average Bonchev–Trinajstić information content (AvgIpc) is 2.37. The molecule has 0 bridgehead atoms. The Kier molecular flexibility index (Phi) is 4.18. The molecule has 1 amide bonds. The Labute approximate surface area is 124 Å². The Hall–Kier alpha value is -1.36. The van der Waals surface area contributed by atoms with Crippen LogP contribution in [-0.2, 0) is 10.2 Å². The lowest BCUT2D eigenvalue weighted by Crippen LogP contribution is -2.41. The predicted octanol–water partition coefficient (Wildman–Crippen LogP) is 2.13. The van der Waals surface area contributed by atoms with Crippen LogP contribution in [0.2, 0.25) is 5.15 Å². The first-order valence-corrected chi connectivity index (χ1v) is 7.24. The Morgan fingerprint density at radius 1 is 1.45 bits per heavy atom. The number of hydrogen-bond acceptors (Lipinski definition) is 4. The van der Waals surface area contributed by atoms with E-state index in [1.165, 1.54) is 0 Å². The van der Waals surface area contributed by atoms with Crippen LogP contribution < -0.4 is 10.6 Å². The highest BCUT2D eigenvalue weighted by molar-refractivity contribution is 6.29. The predicted molar refractivity (Wildman–Crippen MR) is 79.9 cm³/mol. The van der Waals surface area contributed by atoms with Gasteiger partial charge in [-0.2, -0.15) is 0 Å². The number of anilines is 1. The van der Waals surface area contributed by atoms with Crippen molar-refractivity contribution in [2.75, 3.05) is 18.0 Å². The zero-order chi connectivity index (χ0) is 14.9. The van der Waals surface area contributed by atoms with E-state index in [1.54, 1.807) is 6.07 Å². The van der Waals surface area contributed by atoms with Gasteiger partial charge in [-0.3, -0.25) is 4.79 Å². The number of carbonyl (C=O) groups is 1. The second-order valence-corrected chi connectivity index (χ2v) is 6.70. The van der Waals surface area contributed by atoms with Gasteiger partial charge in [0.25, 0.3) is 0 Å². The molecule has 1 aliphatic rings. The first-order valence-electron chi connectivity index (χ1n) is 6.86. The number of halogens is 1. The minimum atomic E-state index is -0.245. The molecular weight excluding hydrogens is 276 g/mol. The molecule has 6 heteroatoms. The Balaban J connectivity index is 2.28. The van der Waals surface area contributed by atoms with E-state index in [1.807, 2.05) is 20.8 Å². The third-order valence-electron chi connectivity index (χ3n) is 3.50. The molecule has 1 saturated heterocycles. The topological polar surface area (TPSA) is 72.1 Å². The molecule has 110 valence electrons. The van der Waals surface area contributed by atoms with Gasteiger partial charge in [0.2, 0.25) is 5.91 Å². The second kappa shape index (κ2) is 5.56. The van der Waals surface area contributed by atoms with Crippen molar-refractivity contribution in [2.45, 2.75) is 39.0 Å². The van der Waals surface area contributed by atoms with Crippen LogP contribution in [0.25, 0.3) is 0 Å². The summed E-state index contributed by atoms with van der Waals surface area (Å²) < 4.78 is 0. The molecule has 0 aromatic carbocycles. The third kappa shape index (κ3) is 3.39. The maximum atomic E-state index is 11.4. The largest absolute Gasteiger partial charge is 0.369 e. The van der Waals surface area contributed by atoms with E-state index in [-0.39, 0.29) is 17.2 Å². The zero-order valence-electron chi connectivity index (χ0n) is 12.2. The standard InChI is InChI=1S/C14H21ClN4O/c1-14(2,3)13-17-10(15)7-11(18-13)19-6-4-5-9(8-19)12(16)20/h7,9H,4-6,8H2,1-3H3,(H2,16,20). The Morgan fingerprint density at radius 3 is 2.75 bits per heavy atom. The first kappa shape index (κ1) is 15.0. The third-order valence-corrected chi connectivity index (χ3v) is 3.69. The van der Waals surface area contributed by atoms with Gasteiger partial charge in [-0.15, -0.1) is 0 Å². The van der Waals surface area contributed by atoms with Crippen LogP contribution in [0.4, 0.5) is 5.82 Å². The summed E-state index contributed by atoms with van der Waals surface area (Å²) in [5, 5.41) is 0.432. The minimum absolute atomic E-state index is 0.115. The molecule has 0 radical (unpaired) electrons. The van der Waals surface area contributed by atoms with Crippen LogP contribution in [-0.4, -0.2) is 29.0 Å². The molecule has 1 unspecified atom stereocenters. The zero-order valence-corrected chi connectivity index (χ0v) is 12.9. The molecule has 1 fully saturated rings. The lowest BCUT2D eigenvalue weighted by atomic mass is 9.95. The van der Waals surface area contributed by atoms with Crippen molar-refractivity contribution in [2.24, 2.45) is 11.7 Å². The summed E-state index contributed by atoms with van der Waals surface area (Å²) in [7, 11) is 0. The molecule has 0 aliphatic carbocycles. The summed E-state index contributed by atoms with van der Waals surface area (Å²) >= 11 is 6.10. The lowest BCUT2D eigenvalue weighted by molar-refractivity contribution is -0.122. The maximum absolute atomic E-state index is 11.4. The molecule has 5 nitrogen and oxygen atoms in total. The van der Waals surface area contributed by atoms with Gasteiger partial charge in [-0.05, 0) is 12.8 Å². The highest BCUT2D eigenvalue weighted by Gasteiger charge is 2.26. The van der Waals surface area contributed by atoms with Crippen molar-refractivity contribution in [3.63, 3.8) is 0 Å². The summed E-state index contributed by atoms with van der Waals surface area (Å²) in [6, 6.07) is 1.75. The number of nitrogens with two attached hydrogens (primary N) is 1. The monoisotopic (exact) mass is 296 g/mol. The number of hydrogen-bond donors (Lipinski definition) is 1. The van der Waals surface area contributed by atoms with Crippen molar-refractivity contribution in [1.82, 2.24) is 9.97 Å². The van der Waals surface area contributed by atoms with Gasteiger partial charge in [0.05, 0.1) is 5.92 Å². The van der Waals surface area contributed by atoms with Gasteiger partial charge in [-0.25, -0.2) is 9.97 Å². The van der Waals surface area contributed by atoms with Crippen molar-refractivity contribution in [3.05, 3.63) is 17.0 Å². The van der Waals surface area contributed by atoms with Crippen molar-refractivity contribution in [3.8, 4) is 0 Å². The van der Waals surface area contributed by atoms with Gasteiger partial charge in [0.15, 0.2) is 0 Å². The number of carbonyl (C=O) groups excluding carboxylic acids is 1. The van der Waals surface area contributed by atoms with Crippen LogP contribution in [0.3, 0.4) is 0 Å². The summed E-state index contributed by atoms with van der Waals surface area (Å²) in [4.78, 5) is 22.3. The van der Waals surface area contributed by atoms with Crippen LogP contribution in [0.1, 0.15) is 39.4 Å². The minimum Gasteiger partial charge on any atom is -0.369 e. The van der Waals surface area contributed by atoms with Crippen molar-refractivity contribution in [1.29, 1.82) is 0 Å². The van der Waals surface area contributed by atoms with Gasteiger partial charge in [0.1, 0.15) is 16.8 Å². The molecule has 1 aromatic rings. The van der Waals surface area contributed by atoms with Crippen LogP contribution in [0, 0.1) is 5.92 Å². The molecule has 0 saturated carbocycles. The van der Waals surface area contributed by atoms with Gasteiger partial charge in [0, 0.05) is 24.6 Å². The van der Waals surface area contributed by atoms with E-state index in [9.17, 15) is 4.79 Å². The highest BCUT2D eigenvalue weighted by atomic mass is 35.5. The summed E-state index contributed by atoms with van der Waals surface area (Å²) in [5.41, 5.74) is 5.24. The fourth-order valence-electron chi connectivity index (χ4n) is 2.32. The molecule has 2 rings (SSSR count). The molecule has 1 aromatic heterocycles. The normalized spacial score (nSPS) is 20.0. The van der Waals surface area contributed by atoms with E-state index >= 15 is 0 Å². The fourth-order valence-corrected chi connectivity index (χ4v) is 2.50. The van der Waals surface area contributed by atoms with Crippen LogP contribution in [0.5, 0.6) is 0 Å². The molecule has 2 N–H and O–H groups in total. The summed E-state index contributed by atoms with van der Waals surface area (Å²) in [5.74, 6) is 1.13. The van der Waals surface area contributed by atoms with Crippen LogP contribution in [0.15, 0.2) is 6.07 Å². The average molecular weight is 297 g/mol. The Morgan fingerprint density at radius 2 is 2.15 bits per heavy atom. The van der Waals surface area contributed by atoms with Gasteiger partial charge in [-0.1, -0.05) is 32.4 Å². The molecule has 1 atom stereocenters. The quantitative estimate of drug-likeness (QED) is 0.849. The van der Waals surface area contributed by atoms with E-state index in [2.05, 4.69) is 14.9 Å². The number of rotatable bonds is 2. The molecule has 1 aliphatic heterocycles. The van der Waals surface area contributed by atoms with E-state index in [0.29, 0.717) is 17.5 Å².